The topological polar surface area (TPSA) is 60.5 Å². The quantitative estimate of drug-likeness (QED) is 0.696. The summed E-state index contributed by atoms with van der Waals surface area (Å²) in [5, 5.41) is 4.63. The summed E-state index contributed by atoms with van der Waals surface area (Å²) in [6.45, 7) is 4.26. The van der Waals surface area contributed by atoms with Crippen LogP contribution in [-0.2, 0) is 38.0 Å². The lowest BCUT2D eigenvalue weighted by molar-refractivity contribution is 0.0696. The first kappa shape index (κ1) is 17.5. The highest BCUT2D eigenvalue weighted by molar-refractivity contribution is 5.91. The van der Waals surface area contributed by atoms with E-state index in [1.54, 1.807) is 12.1 Å². The molecule has 0 fully saturated rings. The van der Waals surface area contributed by atoms with Gasteiger partial charge in [0.05, 0.1) is 25.2 Å². The number of aromatic nitrogens is 2. The van der Waals surface area contributed by atoms with Crippen molar-refractivity contribution in [3.05, 3.63) is 76.5 Å². The number of amides is 1. The Morgan fingerprint density at radius 3 is 2.85 bits per heavy atom. The zero-order chi connectivity index (χ0) is 18.8. The Bertz CT molecular complexity index is 944. The van der Waals surface area contributed by atoms with Crippen LogP contribution in [-0.4, -0.2) is 27.1 Å². The van der Waals surface area contributed by atoms with Crippen molar-refractivity contribution in [1.29, 1.82) is 0 Å². The Morgan fingerprint density at radius 2 is 2.07 bits per heavy atom. The molecule has 2 aromatic heterocycles. The molecule has 140 valence electrons. The van der Waals surface area contributed by atoms with E-state index < -0.39 is 0 Å². The van der Waals surface area contributed by atoms with E-state index in [-0.39, 0.29) is 5.91 Å². The van der Waals surface area contributed by atoms with Crippen LogP contribution in [0.15, 0.2) is 47.1 Å². The normalized spacial score (nSPS) is 13.6. The molecule has 1 aliphatic rings. The van der Waals surface area contributed by atoms with Crippen molar-refractivity contribution in [2.75, 3.05) is 6.54 Å². The minimum absolute atomic E-state index is 0.0821. The summed E-state index contributed by atoms with van der Waals surface area (Å²) in [6, 6.07) is 11.6. The number of aryl methyl sites for hydroxylation is 2. The van der Waals surface area contributed by atoms with E-state index in [1.807, 2.05) is 28.8 Å². The van der Waals surface area contributed by atoms with Gasteiger partial charge >= 0.3 is 0 Å². The summed E-state index contributed by atoms with van der Waals surface area (Å²) < 4.78 is 13.1. The Morgan fingerprint density at radius 1 is 1.22 bits per heavy atom. The molecule has 6 nitrogen and oxygen atoms in total. The largest absolute Gasteiger partial charge is 0.459 e. The predicted molar refractivity (Wildman–Crippen MR) is 100 cm³/mol. The van der Waals surface area contributed by atoms with E-state index in [1.165, 1.54) is 23.1 Å². The highest BCUT2D eigenvalue weighted by Gasteiger charge is 2.28. The summed E-state index contributed by atoms with van der Waals surface area (Å²) in [5.41, 5.74) is 5.56. The third-order valence-corrected chi connectivity index (χ3v) is 5.10. The third-order valence-electron chi connectivity index (χ3n) is 5.10. The predicted octanol–water partition coefficient (Wildman–Crippen LogP) is 3.24. The number of hydrogen-bond donors (Lipinski definition) is 0. The molecule has 1 aliphatic heterocycles. The summed E-state index contributed by atoms with van der Waals surface area (Å²) in [5.74, 6) is 0.293. The van der Waals surface area contributed by atoms with Gasteiger partial charge in [-0.3, -0.25) is 9.48 Å². The summed E-state index contributed by atoms with van der Waals surface area (Å²) in [6.07, 6.45) is 2.31. The number of carbonyl (C=O) groups excluding carboxylic acids is 1. The van der Waals surface area contributed by atoms with Gasteiger partial charge in [-0.05, 0) is 30.2 Å². The van der Waals surface area contributed by atoms with Gasteiger partial charge in [0.25, 0.3) is 5.91 Å². The zero-order valence-corrected chi connectivity index (χ0v) is 15.6. The van der Waals surface area contributed by atoms with Gasteiger partial charge in [0.15, 0.2) is 5.76 Å². The minimum Gasteiger partial charge on any atom is -0.459 e. The first-order chi connectivity index (χ1) is 13.1. The van der Waals surface area contributed by atoms with Crippen LogP contribution in [0.25, 0.3) is 0 Å². The molecule has 0 N–H and O–H groups in total. The molecule has 0 bridgehead atoms. The second kappa shape index (κ2) is 7.40. The fourth-order valence-corrected chi connectivity index (χ4v) is 3.54. The monoisotopic (exact) mass is 365 g/mol. The van der Waals surface area contributed by atoms with Crippen LogP contribution in [0.4, 0.5) is 0 Å². The number of ether oxygens (including phenoxy) is 1. The second-order valence-electron chi connectivity index (χ2n) is 6.87. The molecule has 27 heavy (non-hydrogen) atoms. The van der Waals surface area contributed by atoms with Crippen molar-refractivity contribution in [2.45, 2.75) is 33.1 Å². The Labute approximate surface area is 158 Å². The minimum atomic E-state index is -0.0821. The van der Waals surface area contributed by atoms with Crippen molar-refractivity contribution in [3.63, 3.8) is 0 Å². The van der Waals surface area contributed by atoms with E-state index in [0.29, 0.717) is 32.1 Å². The number of hydrogen-bond acceptors (Lipinski definition) is 4. The van der Waals surface area contributed by atoms with Crippen LogP contribution in [0.3, 0.4) is 0 Å². The molecule has 3 heterocycles. The van der Waals surface area contributed by atoms with Crippen molar-refractivity contribution < 1.29 is 13.9 Å². The van der Waals surface area contributed by atoms with E-state index in [0.717, 1.165) is 17.7 Å². The summed E-state index contributed by atoms with van der Waals surface area (Å²) in [4.78, 5) is 14.4. The lowest BCUT2D eigenvalue weighted by atomic mass is 10.0. The molecule has 4 rings (SSSR count). The first-order valence-corrected chi connectivity index (χ1v) is 9.12. The van der Waals surface area contributed by atoms with Gasteiger partial charge in [-0.2, -0.15) is 5.10 Å². The Hall–Kier alpha value is -2.86. The standard InChI is InChI=1S/C21H23N3O3/c1-15-6-3-4-7-16(15)13-26-14-18-17-12-24(10-9-19(17)23(2)22-18)21(25)20-8-5-11-27-20/h3-8,11H,9-10,12-14H2,1-2H3. The third kappa shape index (κ3) is 3.53. The van der Waals surface area contributed by atoms with Crippen LogP contribution >= 0.6 is 0 Å². The van der Waals surface area contributed by atoms with Crippen LogP contribution in [0.2, 0.25) is 0 Å². The molecule has 0 unspecified atom stereocenters. The van der Waals surface area contributed by atoms with Gasteiger partial charge in [-0.25, -0.2) is 0 Å². The van der Waals surface area contributed by atoms with Gasteiger partial charge < -0.3 is 14.1 Å². The molecule has 3 aromatic rings. The van der Waals surface area contributed by atoms with Crippen LogP contribution in [0.1, 0.15) is 38.6 Å². The number of carbonyl (C=O) groups is 1. The van der Waals surface area contributed by atoms with Crippen LogP contribution < -0.4 is 0 Å². The number of rotatable bonds is 5. The molecule has 0 aliphatic carbocycles. The second-order valence-corrected chi connectivity index (χ2v) is 6.87. The smallest absolute Gasteiger partial charge is 0.289 e. The number of benzene rings is 1. The molecule has 0 radical (unpaired) electrons. The molecule has 0 atom stereocenters. The van der Waals surface area contributed by atoms with Gasteiger partial charge in [0, 0.05) is 37.8 Å². The van der Waals surface area contributed by atoms with E-state index >= 15 is 0 Å². The summed E-state index contributed by atoms with van der Waals surface area (Å²) in [7, 11) is 1.95. The van der Waals surface area contributed by atoms with Gasteiger partial charge in [0.1, 0.15) is 0 Å². The van der Waals surface area contributed by atoms with Crippen LogP contribution in [0, 0.1) is 6.92 Å². The maximum atomic E-state index is 12.6. The van der Waals surface area contributed by atoms with Crippen molar-refractivity contribution in [2.24, 2.45) is 7.05 Å². The number of nitrogens with zero attached hydrogens (tertiary/aromatic N) is 3. The van der Waals surface area contributed by atoms with Crippen LogP contribution in [0.5, 0.6) is 0 Å². The van der Waals surface area contributed by atoms with Gasteiger partial charge in [-0.15, -0.1) is 0 Å². The fourth-order valence-electron chi connectivity index (χ4n) is 3.54. The average Bonchev–Trinajstić information content (AvgIpc) is 3.31. The highest BCUT2D eigenvalue weighted by Crippen LogP contribution is 2.24. The molecule has 0 saturated carbocycles. The number of furan rings is 1. The van der Waals surface area contributed by atoms with E-state index in [9.17, 15) is 4.79 Å². The molecule has 6 heteroatoms. The molecule has 0 spiro atoms. The average molecular weight is 365 g/mol. The molecular formula is C21H23N3O3. The molecule has 1 aromatic carbocycles. The molecular weight excluding hydrogens is 342 g/mol. The maximum Gasteiger partial charge on any atom is 0.289 e. The van der Waals surface area contributed by atoms with Gasteiger partial charge in [0.2, 0.25) is 0 Å². The lowest BCUT2D eigenvalue weighted by Gasteiger charge is -2.27. The lowest BCUT2D eigenvalue weighted by Crippen LogP contribution is -2.36. The Kier molecular flexibility index (Phi) is 4.81. The molecule has 0 saturated heterocycles. The van der Waals surface area contributed by atoms with Crippen molar-refractivity contribution in [3.8, 4) is 0 Å². The maximum absolute atomic E-state index is 12.6. The van der Waals surface area contributed by atoms with Crippen molar-refractivity contribution in [1.82, 2.24) is 14.7 Å². The van der Waals surface area contributed by atoms with E-state index in [4.69, 9.17) is 9.15 Å². The van der Waals surface area contributed by atoms with E-state index in [2.05, 4.69) is 24.2 Å². The highest BCUT2D eigenvalue weighted by atomic mass is 16.5. The van der Waals surface area contributed by atoms with Gasteiger partial charge in [-0.1, -0.05) is 24.3 Å². The molecule has 1 amide bonds. The first-order valence-electron chi connectivity index (χ1n) is 9.12. The van der Waals surface area contributed by atoms with Crippen molar-refractivity contribution >= 4 is 5.91 Å². The Balaban J connectivity index is 1.46. The number of fused-ring (bicyclic) bond motifs is 1. The SMILES string of the molecule is Cc1ccccc1COCc1nn(C)c2c1CN(C(=O)c1ccco1)CC2. The summed E-state index contributed by atoms with van der Waals surface area (Å²) >= 11 is 0. The fraction of sp³-hybridized carbons (Fsp3) is 0.333. The zero-order valence-electron chi connectivity index (χ0n) is 15.6.